The van der Waals surface area contributed by atoms with Crippen LogP contribution < -0.4 is 5.32 Å². The minimum absolute atomic E-state index is 0.334. The number of aromatic nitrogens is 1. The van der Waals surface area contributed by atoms with E-state index in [0.29, 0.717) is 0 Å². The molecule has 1 aliphatic rings. The summed E-state index contributed by atoms with van der Waals surface area (Å²) in [5.74, 6) is 0.821. The van der Waals surface area contributed by atoms with Crippen molar-refractivity contribution in [1.29, 1.82) is 0 Å². The molecule has 9 rings (SSSR count). The highest BCUT2D eigenvalue weighted by atomic mass is 16.3. The summed E-state index contributed by atoms with van der Waals surface area (Å²) in [7, 11) is 0. The van der Waals surface area contributed by atoms with Crippen molar-refractivity contribution < 1.29 is 4.42 Å². The summed E-state index contributed by atoms with van der Waals surface area (Å²) in [5, 5.41) is 13.4. The number of nitrogens with one attached hydrogen (secondary N) is 1. The van der Waals surface area contributed by atoms with Gasteiger partial charge in [0.1, 0.15) is 17.0 Å². The number of fused-ring (bicyclic) bond motifs is 6. The van der Waals surface area contributed by atoms with Gasteiger partial charge in [-0.3, -0.25) is 4.99 Å². The number of furan rings is 1. The molecule has 2 atom stereocenters. The quantitative estimate of drug-likeness (QED) is 0.230. The molecular weight excluding hydrogens is 540 g/mol. The van der Waals surface area contributed by atoms with Gasteiger partial charge in [0.25, 0.3) is 0 Å². The molecule has 0 saturated heterocycles. The molecule has 0 fully saturated rings. The zero-order valence-electron chi connectivity index (χ0n) is 23.8. The van der Waals surface area contributed by atoms with Gasteiger partial charge in [-0.1, -0.05) is 115 Å². The third-order valence-corrected chi connectivity index (χ3v) is 8.61. The zero-order chi connectivity index (χ0) is 29.0. The van der Waals surface area contributed by atoms with Gasteiger partial charge in [-0.05, 0) is 47.7 Å². The monoisotopic (exact) mass is 567 g/mol. The molecule has 0 bridgehead atoms. The highest BCUT2D eigenvalue weighted by Crippen LogP contribution is 2.41. The van der Waals surface area contributed by atoms with Crippen LogP contribution in [-0.2, 0) is 0 Å². The molecular formula is C39H27N4O-. The van der Waals surface area contributed by atoms with E-state index in [1.807, 2.05) is 36.4 Å². The lowest BCUT2D eigenvalue weighted by molar-refractivity contribution is 0.611. The number of hydrogen-bond acceptors (Lipinski definition) is 3. The van der Waals surface area contributed by atoms with E-state index in [4.69, 9.17) is 14.7 Å². The van der Waals surface area contributed by atoms with E-state index in [1.165, 1.54) is 21.8 Å². The molecule has 8 aromatic rings. The van der Waals surface area contributed by atoms with Crippen molar-refractivity contribution in [3.63, 3.8) is 0 Å². The first-order valence-electron chi connectivity index (χ1n) is 14.9. The summed E-state index contributed by atoms with van der Waals surface area (Å²) in [6, 6.07) is 50.5. The number of aliphatic imine (C=N–C) groups is 1. The van der Waals surface area contributed by atoms with Crippen LogP contribution in [0.25, 0.3) is 54.7 Å². The maximum atomic E-state index is 6.73. The molecule has 3 heterocycles. The molecule has 5 heteroatoms. The van der Waals surface area contributed by atoms with E-state index in [9.17, 15) is 0 Å². The predicted octanol–water partition coefficient (Wildman–Crippen LogP) is 9.80. The second kappa shape index (κ2) is 9.97. The third kappa shape index (κ3) is 3.94. The van der Waals surface area contributed by atoms with Crippen molar-refractivity contribution in [2.45, 2.75) is 12.3 Å². The summed E-state index contributed by atoms with van der Waals surface area (Å²) in [6.45, 7) is 0. The van der Waals surface area contributed by atoms with Crippen LogP contribution in [0.15, 0.2) is 155 Å². The number of para-hydroxylation sites is 3. The van der Waals surface area contributed by atoms with E-state index in [1.54, 1.807) is 0 Å². The highest BCUT2D eigenvalue weighted by molar-refractivity contribution is 6.10. The summed E-state index contributed by atoms with van der Waals surface area (Å²) in [6.07, 6.45) is -0.673. The lowest BCUT2D eigenvalue weighted by Crippen LogP contribution is -2.34. The average Bonchev–Trinajstić information content (AvgIpc) is 3.64. The molecule has 2 aromatic heterocycles. The topological polar surface area (TPSA) is 56.6 Å². The Labute approximate surface area is 254 Å². The van der Waals surface area contributed by atoms with Gasteiger partial charge in [0.05, 0.1) is 11.0 Å². The molecule has 44 heavy (non-hydrogen) atoms. The van der Waals surface area contributed by atoms with Crippen molar-refractivity contribution in [3.8, 4) is 5.69 Å². The Balaban J connectivity index is 1.18. The van der Waals surface area contributed by atoms with Crippen molar-refractivity contribution in [1.82, 2.24) is 9.88 Å². The van der Waals surface area contributed by atoms with Gasteiger partial charge < -0.3 is 19.6 Å². The van der Waals surface area contributed by atoms with Crippen LogP contribution in [0.4, 0.5) is 0 Å². The molecule has 1 N–H and O–H groups in total. The molecule has 0 amide bonds. The minimum Gasteiger partial charge on any atom is -0.613 e. The zero-order valence-corrected chi connectivity index (χ0v) is 23.8. The largest absolute Gasteiger partial charge is 0.613 e. The Morgan fingerprint density at radius 2 is 1.27 bits per heavy atom. The third-order valence-electron chi connectivity index (χ3n) is 8.61. The van der Waals surface area contributed by atoms with Crippen molar-refractivity contribution in [2.24, 2.45) is 4.99 Å². The van der Waals surface area contributed by atoms with Crippen LogP contribution in [0.1, 0.15) is 29.0 Å². The summed E-state index contributed by atoms with van der Waals surface area (Å²) < 4.78 is 9.05. The number of amidine groups is 1. The lowest BCUT2D eigenvalue weighted by atomic mass is 10.0. The van der Waals surface area contributed by atoms with Crippen LogP contribution in [-0.4, -0.2) is 10.4 Å². The summed E-state index contributed by atoms with van der Waals surface area (Å²) in [5.41, 5.74) is 8.17. The van der Waals surface area contributed by atoms with Crippen LogP contribution in [0.5, 0.6) is 0 Å². The van der Waals surface area contributed by atoms with Crippen molar-refractivity contribution >= 4 is 49.6 Å². The second-order valence-electron chi connectivity index (χ2n) is 11.2. The number of benzene rings is 6. The smallest absolute Gasteiger partial charge is 0.138 e. The first-order chi connectivity index (χ1) is 21.8. The maximum absolute atomic E-state index is 6.73. The second-order valence-corrected chi connectivity index (χ2v) is 11.2. The first-order valence-corrected chi connectivity index (χ1v) is 14.9. The average molecular weight is 568 g/mol. The highest BCUT2D eigenvalue weighted by Gasteiger charge is 2.21. The van der Waals surface area contributed by atoms with E-state index in [2.05, 4.69) is 119 Å². The van der Waals surface area contributed by atoms with Gasteiger partial charge in [-0.25, -0.2) is 0 Å². The molecule has 2 unspecified atom stereocenters. The fourth-order valence-electron chi connectivity index (χ4n) is 6.56. The van der Waals surface area contributed by atoms with Crippen molar-refractivity contribution in [2.75, 3.05) is 0 Å². The maximum Gasteiger partial charge on any atom is 0.138 e. The summed E-state index contributed by atoms with van der Waals surface area (Å²) in [4.78, 5) is 5.02. The number of rotatable bonds is 4. The molecule has 5 nitrogen and oxygen atoms in total. The molecule has 6 aromatic carbocycles. The fraction of sp³-hybridized carbons (Fsp3) is 0.0513. The summed E-state index contributed by atoms with van der Waals surface area (Å²) >= 11 is 0. The molecule has 0 aliphatic carbocycles. The SMILES string of the molecule is c1ccc(C2=NC(c3ccccc3)[N-]C(c3cccc4c3oc3cc(-n5c6ccccc6c6ccccc65)ccc34)N2)cc1. The van der Waals surface area contributed by atoms with Gasteiger partial charge in [-0.15, -0.1) is 0 Å². The lowest BCUT2D eigenvalue weighted by Gasteiger charge is -2.43. The van der Waals surface area contributed by atoms with Crippen LogP contribution in [0.3, 0.4) is 0 Å². The van der Waals surface area contributed by atoms with Gasteiger partial charge in [0.15, 0.2) is 0 Å². The van der Waals surface area contributed by atoms with E-state index >= 15 is 0 Å². The Morgan fingerprint density at radius 1 is 0.614 bits per heavy atom. The standard InChI is InChI=1S/C39H27N4O/c1-3-12-25(13-4-1)37-40-38(26-14-5-2-6-15-26)42-39(41-37)32-19-11-18-31-30-23-22-27(24-35(30)44-36(31)32)43-33-20-9-7-16-28(33)29-17-8-10-21-34(29)43/h1-24,37,39H,(H,40,42)/q-1. The molecule has 210 valence electrons. The molecule has 0 spiro atoms. The Hall–Kier alpha value is -5.65. The normalized spacial score (nSPS) is 16.9. The Bertz CT molecular complexity index is 2300. The van der Waals surface area contributed by atoms with Crippen LogP contribution >= 0.6 is 0 Å². The first kappa shape index (κ1) is 24.9. The van der Waals surface area contributed by atoms with Crippen molar-refractivity contribution in [3.05, 3.63) is 168 Å². The van der Waals surface area contributed by atoms with E-state index in [-0.39, 0.29) is 12.3 Å². The molecule has 0 saturated carbocycles. The van der Waals surface area contributed by atoms with Gasteiger partial charge in [-0.2, -0.15) is 0 Å². The Morgan fingerprint density at radius 3 is 2.02 bits per heavy atom. The van der Waals surface area contributed by atoms with E-state index < -0.39 is 0 Å². The predicted molar refractivity (Wildman–Crippen MR) is 179 cm³/mol. The number of nitrogens with zero attached hydrogens (tertiary/aromatic N) is 3. The molecule has 1 aliphatic heterocycles. The minimum atomic E-state index is -0.339. The fourth-order valence-corrected chi connectivity index (χ4v) is 6.56. The van der Waals surface area contributed by atoms with Crippen LogP contribution in [0, 0.1) is 0 Å². The van der Waals surface area contributed by atoms with Gasteiger partial charge in [0.2, 0.25) is 0 Å². The molecule has 0 radical (unpaired) electrons. The van der Waals surface area contributed by atoms with E-state index in [0.717, 1.165) is 50.2 Å². The Kier molecular flexibility index (Phi) is 5.64. The van der Waals surface area contributed by atoms with Crippen LogP contribution in [0.2, 0.25) is 0 Å². The van der Waals surface area contributed by atoms with Gasteiger partial charge >= 0.3 is 0 Å². The van der Waals surface area contributed by atoms with Gasteiger partial charge in [0, 0.05) is 38.9 Å². The number of hydrogen-bond donors (Lipinski definition) is 1.